The Bertz CT molecular complexity index is 2720. The average molecular weight is 1130 g/mol. The van der Waals surface area contributed by atoms with Gasteiger partial charge < -0.3 is 46.5 Å². The number of halogens is 2. The minimum Gasteiger partial charge on any atom is -0.391 e. The molecule has 0 spiro atoms. The number of benzene rings is 2. The van der Waals surface area contributed by atoms with Gasteiger partial charge in [0.15, 0.2) is 0 Å². The molecule has 0 aliphatic carbocycles. The van der Waals surface area contributed by atoms with E-state index in [1.165, 1.54) is 27.5 Å². The first-order valence-electron chi connectivity index (χ1n) is 24.5. The highest BCUT2D eigenvalue weighted by molar-refractivity contribution is 9.10. The van der Waals surface area contributed by atoms with Crippen LogP contribution in [0.3, 0.4) is 0 Å². The summed E-state index contributed by atoms with van der Waals surface area (Å²) in [4.78, 5) is 80.8. The van der Waals surface area contributed by atoms with E-state index in [1.807, 2.05) is 58.9 Å². The molecule has 4 atom stereocenters. The largest absolute Gasteiger partial charge is 0.391 e. The van der Waals surface area contributed by atoms with Crippen LogP contribution in [0.1, 0.15) is 93.9 Å². The van der Waals surface area contributed by atoms with Gasteiger partial charge in [-0.3, -0.25) is 24.0 Å². The summed E-state index contributed by atoms with van der Waals surface area (Å²) in [6, 6.07) is 10.5. The first kappa shape index (κ1) is 57.8. The lowest BCUT2D eigenvalue weighted by Gasteiger charge is -2.35. The van der Waals surface area contributed by atoms with E-state index >= 15 is 0 Å². The van der Waals surface area contributed by atoms with Crippen LogP contribution in [-0.4, -0.2) is 144 Å². The number of piperidine rings is 1. The van der Waals surface area contributed by atoms with Crippen molar-refractivity contribution in [3.05, 3.63) is 81.3 Å². The number of thiazole rings is 1. The summed E-state index contributed by atoms with van der Waals surface area (Å²) in [5.74, 6) is -3.55. The van der Waals surface area contributed by atoms with Gasteiger partial charge in [0.25, 0.3) is 5.91 Å². The number of aliphatic hydroxyl groups is 1. The van der Waals surface area contributed by atoms with Crippen LogP contribution >= 0.6 is 27.3 Å². The van der Waals surface area contributed by atoms with Gasteiger partial charge in [0.1, 0.15) is 23.5 Å². The molecule has 0 radical (unpaired) electrons. The van der Waals surface area contributed by atoms with Crippen LogP contribution in [0.15, 0.2) is 58.6 Å². The number of amides is 4. The summed E-state index contributed by atoms with van der Waals surface area (Å²) in [7, 11) is -3.67. The number of nitrogens with zero attached hydrogens (tertiary/aromatic N) is 5. The lowest BCUT2D eigenvalue weighted by atomic mass is 9.76. The van der Waals surface area contributed by atoms with Crippen molar-refractivity contribution in [1.82, 2.24) is 34.8 Å². The molecule has 0 bridgehead atoms. The molecule has 74 heavy (non-hydrogen) atoms. The van der Waals surface area contributed by atoms with E-state index in [9.17, 15) is 41.9 Å². The number of nitrogens with one attached hydrogen (secondary N) is 4. The number of ketones is 1. The number of hydrogen-bond donors (Lipinski definition) is 6. The summed E-state index contributed by atoms with van der Waals surface area (Å²) in [5.41, 5.74) is 9.23. The van der Waals surface area contributed by atoms with E-state index in [2.05, 4.69) is 52.1 Å². The average Bonchev–Trinajstić information content (AvgIpc) is 3.97. The van der Waals surface area contributed by atoms with E-state index in [4.69, 9.17) is 15.2 Å². The van der Waals surface area contributed by atoms with E-state index < -0.39 is 45.2 Å². The maximum Gasteiger partial charge on any atom is 0.253 e. The van der Waals surface area contributed by atoms with Gasteiger partial charge in [0, 0.05) is 70.0 Å². The first-order valence-corrected chi connectivity index (χ1v) is 27.7. The lowest BCUT2D eigenvalue weighted by Crippen LogP contribution is -2.50. The Morgan fingerprint density at radius 2 is 1.69 bits per heavy atom. The van der Waals surface area contributed by atoms with E-state index in [0.29, 0.717) is 17.3 Å². The van der Waals surface area contributed by atoms with Gasteiger partial charge >= 0.3 is 0 Å². The molecule has 2 aromatic carbocycles. The summed E-state index contributed by atoms with van der Waals surface area (Å²) in [6.07, 6.45) is 1.59. The molecule has 0 unspecified atom stereocenters. The molecular formula is C50H66BrFN10O10S2. The fourth-order valence-corrected chi connectivity index (χ4v) is 11.2. The molecule has 20 nitrogen and oxygen atoms in total. The van der Waals surface area contributed by atoms with Crippen molar-refractivity contribution in [3.63, 3.8) is 0 Å². The third kappa shape index (κ3) is 16.0. The zero-order valence-electron chi connectivity index (χ0n) is 42.2. The second-order valence-electron chi connectivity index (χ2n) is 19.4. The minimum atomic E-state index is -3.67. The van der Waals surface area contributed by atoms with Gasteiger partial charge in [-0.2, -0.15) is 4.98 Å². The minimum absolute atomic E-state index is 0.000571. The van der Waals surface area contributed by atoms with Crippen LogP contribution in [0.2, 0.25) is 0 Å². The molecule has 2 fully saturated rings. The Balaban J connectivity index is 0.835. The van der Waals surface area contributed by atoms with Gasteiger partial charge in [0.05, 0.1) is 76.1 Å². The van der Waals surface area contributed by atoms with Crippen LogP contribution in [0, 0.1) is 24.1 Å². The van der Waals surface area contributed by atoms with Crippen molar-refractivity contribution < 1.29 is 51.4 Å². The fourth-order valence-electron chi connectivity index (χ4n) is 8.70. The molecule has 4 aromatic rings. The van der Waals surface area contributed by atoms with Gasteiger partial charge in [-0.05, 0) is 71.3 Å². The highest BCUT2D eigenvalue weighted by Crippen LogP contribution is 2.35. The Kier molecular flexibility index (Phi) is 20.5. The van der Waals surface area contributed by atoms with Crippen molar-refractivity contribution in [3.8, 4) is 10.4 Å². The number of nitrogens with two attached hydrogens (primary N) is 1. The maximum absolute atomic E-state index is 14.3. The molecule has 6 rings (SSSR count). The van der Waals surface area contributed by atoms with Gasteiger partial charge in [-0.15, -0.1) is 11.3 Å². The molecule has 4 amide bonds. The molecule has 7 N–H and O–H groups in total. The molecule has 2 aliphatic heterocycles. The molecule has 2 aromatic heterocycles. The Labute approximate surface area is 443 Å². The van der Waals surface area contributed by atoms with Gasteiger partial charge in [-0.1, -0.05) is 51.1 Å². The van der Waals surface area contributed by atoms with Crippen molar-refractivity contribution in [2.24, 2.45) is 17.1 Å². The third-order valence-corrected chi connectivity index (χ3v) is 16.3. The number of likely N-dealkylation sites (tertiary alicyclic amines) is 1. The van der Waals surface area contributed by atoms with E-state index in [1.54, 1.807) is 16.8 Å². The number of carbonyl (C=O) groups excluding carboxylic acids is 5. The van der Waals surface area contributed by atoms with Crippen LogP contribution in [0.25, 0.3) is 10.4 Å². The number of aryl methyl sites for hydroxylation is 1. The number of carbonyl (C=O) groups is 5. The first-order chi connectivity index (χ1) is 35.1. The van der Waals surface area contributed by atoms with E-state index in [0.717, 1.165) is 27.8 Å². The number of anilines is 3. The van der Waals surface area contributed by atoms with Crippen molar-refractivity contribution >= 4 is 84.2 Å². The number of hydrogen-bond acceptors (Lipinski definition) is 16. The number of rotatable bonds is 25. The number of aliphatic hydroxyl groups excluding tert-OH is 1. The topological polar surface area (TPSA) is 277 Å². The highest BCUT2D eigenvalue weighted by atomic mass is 79.9. The Hall–Kier alpha value is -5.50. The Morgan fingerprint density at radius 3 is 2.34 bits per heavy atom. The molecule has 24 heteroatoms. The van der Waals surface area contributed by atoms with Crippen molar-refractivity contribution in [2.45, 2.75) is 97.4 Å². The number of aromatic nitrogens is 3. The summed E-state index contributed by atoms with van der Waals surface area (Å²) >= 11 is 4.91. The molecule has 402 valence electrons. The third-order valence-electron chi connectivity index (χ3n) is 12.9. The summed E-state index contributed by atoms with van der Waals surface area (Å²) in [5, 5.41) is 22.4. The Morgan fingerprint density at radius 1 is 1.00 bits per heavy atom. The molecular weight excluding hydrogens is 1060 g/mol. The van der Waals surface area contributed by atoms with Crippen molar-refractivity contribution in [2.75, 3.05) is 69.0 Å². The number of sulfonamides is 1. The van der Waals surface area contributed by atoms with Gasteiger partial charge in [0.2, 0.25) is 33.7 Å². The lowest BCUT2D eigenvalue weighted by molar-refractivity contribution is -0.146. The normalized spacial score (nSPS) is 17.4. The van der Waals surface area contributed by atoms with Crippen LogP contribution in [0.5, 0.6) is 0 Å². The van der Waals surface area contributed by atoms with Crippen LogP contribution in [-0.2, 0) is 38.7 Å². The fraction of sp³-hybridized carbons (Fsp3) is 0.520. The zero-order chi connectivity index (χ0) is 53.7. The van der Waals surface area contributed by atoms with Crippen molar-refractivity contribution in [1.29, 1.82) is 0 Å². The van der Waals surface area contributed by atoms with E-state index in [-0.39, 0.29) is 143 Å². The second-order valence-corrected chi connectivity index (χ2v) is 23.2. The quantitative estimate of drug-likeness (QED) is 0.0463. The van der Waals surface area contributed by atoms with Crippen LogP contribution in [0.4, 0.5) is 21.8 Å². The number of Topliss-reactive ketones (excluding diaryl/α,β-unsaturated/α-hetero) is 1. The SMILES string of the molecule is Cc1ncsc1-c1ccc([C@H](C)NC(=O)[C@@H]2C[C@@H](O)CN2C(=O)[C@@H](CC(=O)CCOCCOCCC(=O)NCCS(=O)(=O)N2CCC(Nc3ncc(Br)c(Nc4cccc(F)c4C(N)=O)n3)CC2)C(C)(C)C)cc1. The number of ether oxygens (including phenoxy) is 2. The standard InChI is InChI=1S/C50H66BrFN10O10S2/c1-30(32-9-11-33(12-10-32)44-31(2)56-29-73-44)57-47(67)41-26-36(64)28-62(41)48(68)37(50(3,4)5)25-35(63)15-20-71-22-23-72-21-16-42(65)54-17-24-74(69,70)61-18-13-34(14-19-61)58-49-55-27-38(51)46(60-49)59-40-8-6-7-39(52)43(40)45(53)66/h6-12,27,29-30,34,36-37,41,64H,13-26,28H2,1-5H3,(H2,53,66)(H,54,65)(H,57,67)(H2,55,58,59,60)/t30-,36+,37+,41-/m0/s1. The smallest absolute Gasteiger partial charge is 0.253 e. The molecule has 2 aliphatic rings. The summed E-state index contributed by atoms with van der Waals surface area (Å²) in [6.45, 7) is 10.3. The van der Waals surface area contributed by atoms with Crippen LogP contribution < -0.4 is 27.0 Å². The predicted molar refractivity (Wildman–Crippen MR) is 281 cm³/mol. The number of primary amides is 1. The molecule has 0 saturated carbocycles. The monoisotopic (exact) mass is 1130 g/mol. The second kappa shape index (κ2) is 26.3. The zero-order valence-corrected chi connectivity index (χ0v) is 45.4. The van der Waals surface area contributed by atoms with Gasteiger partial charge in [-0.25, -0.2) is 27.1 Å². The molecule has 2 saturated heterocycles. The predicted octanol–water partition coefficient (Wildman–Crippen LogP) is 5.25. The summed E-state index contributed by atoms with van der Waals surface area (Å²) < 4.78 is 53.4. The molecule has 4 heterocycles. The number of β-amino-alcohol motifs (C(OH)–C–C–N with tert-alkyl or cyclic N) is 1. The highest BCUT2D eigenvalue weighted by Gasteiger charge is 2.44. The maximum atomic E-state index is 14.3.